The van der Waals surface area contributed by atoms with E-state index in [1.807, 2.05) is 0 Å². The molecule has 3 N–H and O–H groups in total. The Morgan fingerprint density at radius 3 is 0.833 bits per heavy atom. The van der Waals surface area contributed by atoms with E-state index >= 15 is 0 Å². The van der Waals surface area contributed by atoms with Crippen LogP contribution in [-0.4, -0.2) is 96.7 Å². The molecule has 0 amide bonds. The van der Waals surface area contributed by atoms with Crippen LogP contribution in [0, 0.1) is 0 Å². The number of allylic oxidation sites excluding steroid dienone is 22. The normalized spacial score (nSPS) is 14.6. The highest BCUT2D eigenvalue weighted by Crippen LogP contribution is 2.45. The molecule has 0 radical (unpaired) electrons. The first-order chi connectivity index (χ1) is 49.7. The van der Waals surface area contributed by atoms with Crippen molar-refractivity contribution in [3.8, 4) is 0 Å². The minimum atomic E-state index is -4.99. The van der Waals surface area contributed by atoms with Gasteiger partial charge in [-0.1, -0.05) is 264 Å². The number of carbonyl (C=O) groups excluding carboxylic acids is 4. The average Bonchev–Trinajstić information content (AvgIpc) is 0.923. The van der Waals surface area contributed by atoms with E-state index in [1.54, 1.807) is 0 Å². The highest BCUT2D eigenvalue weighted by atomic mass is 31.2. The summed E-state index contributed by atoms with van der Waals surface area (Å²) in [6.45, 7) is 4.50. The molecule has 0 heterocycles. The van der Waals surface area contributed by atoms with Crippen molar-refractivity contribution in [2.24, 2.45) is 0 Å². The lowest BCUT2D eigenvalue weighted by Crippen LogP contribution is -2.30. The summed E-state index contributed by atoms with van der Waals surface area (Å²) in [6.07, 6.45) is 82.9. The predicted molar refractivity (Wildman–Crippen MR) is 418 cm³/mol. The molecule has 19 heteroatoms. The Morgan fingerprint density at radius 2 is 0.529 bits per heavy atom. The Bertz CT molecular complexity index is 2460. The van der Waals surface area contributed by atoms with Gasteiger partial charge in [-0.25, -0.2) is 9.13 Å². The number of phosphoric ester groups is 2. The molecular weight excluding hydrogens is 1330 g/mol. The molecule has 0 aromatic rings. The number of phosphoric acid groups is 2. The zero-order chi connectivity index (χ0) is 74.6. The third-order valence-corrected chi connectivity index (χ3v) is 18.0. The van der Waals surface area contributed by atoms with Crippen molar-refractivity contribution in [1.82, 2.24) is 0 Å². The standard InChI is InChI=1S/C83H140O17P2/c1-5-9-13-17-21-25-29-33-35-37-38-40-41-45-48-52-56-60-64-68-81(86)94-74-79(100-83(88)70-66-62-58-54-50-46-42-39-36-34-30-26-22-18-14-10-6-2)76-98-102(91,92)96-72-77(84)71-95-101(89,90)97-75-78(99-82(87)69-65-61-57-53-49-44-32-28-24-20-16-12-8-4)73-93-80(85)67-63-59-55-51-47-43-31-27-23-19-15-11-7-3/h9-10,13-15,19,21-22,25-28,31-36,38,40,42,46,77-79,84H,5-8,11-12,16-18,20,23-24,29-30,37,39,41,43-45,47-76H2,1-4H3,(H,89,90)(H,91,92)/b13-9-,14-10-,19-15-,25-21-,26-22-,31-27-,32-28-,35-33-,36-34-,40-38-,46-42-. The van der Waals surface area contributed by atoms with Crippen LogP contribution in [-0.2, 0) is 65.4 Å². The first-order valence-electron chi connectivity index (χ1n) is 39.4. The topological polar surface area (TPSA) is 237 Å². The van der Waals surface area contributed by atoms with Crippen LogP contribution in [0.15, 0.2) is 134 Å². The molecule has 0 aliphatic heterocycles. The summed E-state index contributed by atoms with van der Waals surface area (Å²) in [4.78, 5) is 73.0. The van der Waals surface area contributed by atoms with Crippen LogP contribution in [0.5, 0.6) is 0 Å². The first kappa shape index (κ1) is 97.2. The SMILES string of the molecule is CC/C=C\C/C=C\C/C=C\C/C=C\CCCCCCCCC(=O)OCC(COP(=O)(O)OCC(O)COP(=O)(O)OCC(COC(=O)CCCCCCC/C=C\C/C=C\CCC)OC(=O)CCCCCCC/C=C\CCCCCC)OC(=O)CCCCCC/C=C\C/C=C\C/C=C\C/C=C\CC. The molecule has 5 unspecified atom stereocenters. The van der Waals surface area contributed by atoms with E-state index in [0.717, 1.165) is 205 Å². The van der Waals surface area contributed by atoms with E-state index in [-0.39, 0.29) is 25.7 Å². The number of hydrogen-bond donors (Lipinski definition) is 3. The fourth-order valence-electron chi connectivity index (χ4n) is 10.1. The van der Waals surface area contributed by atoms with Gasteiger partial charge in [0.1, 0.15) is 19.3 Å². The highest BCUT2D eigenvalue weighted by molar-refractivity contribution is 7.47. The molecule has 0 aliphatic carbocycles. The lowest BCUT2D eigenvalue weighted by molar-refractivity contribution is -0.161. The quantitative estimate of drug-likeness (QED) is 0.0169. The highest BCUT2D eigenvalue weighted by Gasteiger charge is 2.30. The van der Waals surface area contributed by atoms with Gasteiger partial charge in [-0.05, 0) is 154 Å². The number of ether oxygens (including phenoxy) is 4. The van der Waals surface area contributed by atoms with Gasteiger partial charge in [0.15, 0.2) is 12.2 Å². The summed E-state index contributed by atoms with van der Waals surface area (Å²) in [5.74, 6) is -2.24. The van der Waals surface area contributed by atoms with Gasteiger partial charge in [-0.2, -0.15) is 0 Å². The third-order valence-electron chi connectivity index (χ3n) is 16.1. The lowest BCUT2D eigenvalue weighted by Gasteiger charge is -2.21. The minimum absolute atomic E-state index is 0.0598. The fraction of sp³-hybridized carbons (Fsp3) is 0.687. The zero-order valence-corrected chi connectivity index (χ0v) is 65.5. The Labute approximate surface area is 618 Å². The number of hydrogen-bond acceptors (Lipinski definition) is 15. The maximum absolute atomic E-state index is 13.1. The van der Waals surface area contributed by atoms with Gasteiger partial charge in [0.25, 0.3) is 0 Å². The molecule has 17 nitrogen and oxygen atoms in total. The van der Waals surface area contributed by atoms with Crippen LogP contribution in [0.4, 0.5) is 0 Å². The van der Waals surface area contributed by atoms with Gasteiger partial charge >= 0.3 is 39.5 Å². The second-order valence-corrected chi connectivity index (χ2v) is 28.8. The Morgan fingerprint density at radius 1 is 0.284 bits per heavy atom. The van der Waals surface area contributed by atoms with Gasteiger partial charge in [-0.3, -0.25) is 37.3 Å². The van der Waals surface area contributed by atoms with Gasteiger partial charge in [0, 0.05) is 25.7 Å². The number of carbonyl (C=O) groups is 4. The van der Waals surface area contributed by atoms with Crippen molar-refractivity contribution < 1.29 is 80.2 Å². The summed E-state index contributed by atoms with van der Waals surface area (Å²) in [6, 6.07) is 0. The van der Waals surface area contributed by atoms with Crippen LogP contribution < -0.4 is 0 Å². The Balaban J connectivity index is 5.40. The minimum Gasteiger partial charge on any atom is -0.462 e. The number of unbranched alkanes of at least 4 members (excludes halogenated alkanes) is 25. The monoisotopic (exact) mass is 1470 g/mol. The van der Waals surface area contributed by atoms with E-state index in [9.17, 15) is 43.2 Å². The van der Waals surface area contributed by atoms with Crippen molar-refractivity contribution in [3.05, 3.63) is 134 Å². The van der Waals surface area contributed by atoms with Gasteiger partial charge in [0.05, 0.1) is 26.4 Å². The van der Waals surface area contributed by atoms with E-state index in [4.69, 9.17) is 37.0 Å². The van der Waals surface area contributed by atoms with Crippen LogP contribution in [0.2, 0.25) is 0 Å². The average molecular weight is 1470 g/mol. The Kier molecular flexibility index (Phi) is 71.0. The van der Waals surface area contributed by atoms with Gasteiger partial charge in [0.2, 0.25) is 0 Å². The second kappa shape index (κ2) is 74.5. The number of rotatable bonds is 73. The Hall–Kier alpha value is -4.80. The summed E-state index contributed by atoms with van der Waals surface area (Å²) < 4.78 is 68.5. The zero-order valence-electron chi connectivity index (χ0n) is 63.7. The molecule has 102 heavy (non-hydrogen) atoms. The molecule has 0 fully saturated rings. The molecular formula is C83H140O17P2. The van der Waals surface area contributed by atoms with Crippen molar-refractivity contribution >= 4 is 39.5 Å². The molecule has 0 saturated heterocycles. The van der Waals surface area contributed by atoms with Crippen LogP contribution in [0.25, 0.3) is 0 Å². The maximum atomic E-state index is 13.1. The first-order valence-corrected chi connectivity index (χ1v) is 42.4. The molecule has 0 aromatic heterocycles. The molecule has 0 rings (SSSR count). The van der Waals surface area contributed by atoms with E-state index in [2.05, 4.69) is 161 Å². The summed E-state index contributed by atoms with van der Waals surface area (Å²) in [5, 5.41) is 10.6. The van der Waals surface area contributed by atoms with Gasteiger partial charge < -0.3 is 33.8 Å². The fourth-order valence-corrected chi connectivity index (χ4v) is 11.7. The molecule has 584 valence electrons. The summed E-state index contributed by atoms with van der Waals surface area (Å²) in [7, 11) is -9.98. The third kappa shape index (κ3) is 73.5. The van der Waals surface area contributed by atoms with Crippen molar-refractivity contribution in [2.75, 3.05) is 39.6 Å². The number of aliphatic hydroxyl groups is 1. The number of esters is 4. The maximum Gasteiger partial charge on any atom is 0.472 e. The molecule has 0 saturated carbocycles. The van der Waals surface area contributed by atoms with Crippen LogP contribution in [0.1, 0.15) is 310 Å². The molecule has 0 bridgehead atoms. The van der Waals surface area contributed by atoms with Crippen LogP contribution >= 0.6 is 15.6 Å². The molecule has 0 spiro atoms. The van der Waals surface area contributed by atoms with E-state index < -0.39 is 97.5 Å². The number of aliphatic hydroxyl groups excluding tert-OH is 1. The smallest absolute Gasteiger partial charge is 0.462 e. The van der Waals surface area contributed by atoms with Gasteiger partial charge in [-0.15, -0.1) is 0 Å². The van der Waals surface area contributed by atoms with E-state index in [0.29, 0.717) is 25.7 Å². The van der Waals surface area contributed by atoms with Crippen LogP contribution in [0.3, 0.4) is 0 Å². The molecule has 0 aromatic carbocycles. The molecule has 0 aliphatic rings. The van der Waals surface area contributed by atoms with E-state index in [1.165, 1.54) is 25.7 Å². The lowest BCUT2D eigenvalue weighted by atomic mass is 10.1. The molecule has 5 atom stereocenters. The largest absolute Gasteiger partial charge is 0.472 e. The summed E-state index contributed by atoms with van der Waals surface area (Å²) >= 11 is 0. The van der Waals surface area contributed by atoms with Crippen molar-refractivity contribution in [3.63, 3.8) is 0 Å². The summed E-state index contributed by atoms with van der Waals surface area (Å²) in [5.41, 5.74) is 0. The van der Waals surface area contributed by atoms with Crippen molar-refractivity contribution in [1.29, 1.82) is 0 Å². The van der Waals surface area contributed by atoms with Crippen molar-refractivity contribution in [2.45, 2.75) is 329 Å². The second-order valence-electron chi connectivity index (χ2n) is 25.9. The predicted octanol–water partition coefficient (Wildman–Crippen LogP) is 22.9.